The highest BCUT2D eigenvalue weighted by Gasteiger charge is 2.21. The van der Waals surface area contributed by atoms with Gasteiger partial charge < -0.3 is 0 Å². The number of hydrogen-bond acceptors (Lipinski definition) is 1. The molecule has 0 N–H and O–H groups in total. The predicted octanol–water partition coefficient (Wildman–Crippen LogP) is 1.67. The molecular weight excluding hydrogens is 172 g/mol. The van der Waals surface area contributed by atoms with Crippen molar-refractivity contribution >= 4 is 0 Å². The molecule has 0 bridgehead atoms. The van der Waals surface area contributed by atoms with Gasteiger partial charge in [0.2, 0.25) is 0 Å². The maximum atomic E-state index is 2.47. The monoisotopic (exact) mass is 191 g/mol. The zero-order valence-electron chi connectivity index (χ0n) is 9.11. The summed E-state index contributed by atoms with van der Waals surface area (Å²) in [6.07, 6.45) is 8.36. The smallest absolute Gasteiger partial charge is 0.173 e. The maximum Gasteiger partial charge on any atom is 0.173 e. The minimum Gasteiger partial charge on any atom is -0.299 e. The van der Waals surface area contributed by atoms with Crippen LogP contribution in [0.15, 0.2) is 24.5 Å². The van der Waals surface area contributed by atoms with Gasteiger partial charge in [-0.25, -0.2) is 4.57 Å². The lowest BCUT2D eigenvalue weighted by atomic mass is 9.97. The van der Waals surface area contributed by atoms with Crippen LogP contribution in [-0.2, 0) is 7.05 Å². The molecule has 0 saturated carbocycles. The standard InChI is InChI=1S/C12H19N2/c1-13-8-5-6-11(10-13)12-7-3-4-9-14(12)2/h5-6,8,10,12H,3-4,7,9H2,1-2H3/q+1. The molecule has 2 heterocycles. The fraction of sp³-hybridized carbons (Fsp3) is 0.583. The van der Waals surface area contributed by atoms with E-state index in [4.69, 9.17) is 0 Å². The normalized spacial score (nSPS) is 23.7. The molecule has 1 aliphatic rings. The fourth-order valence-electron chi connectivity index (χ4n) is 2.30. The Kier molecular flexibility index (Phi) is 2.82. The summed E-state index contributed by atoms with van der Waals surface area (Å²) in [5.74, 6) is 0. The van der Waals surface area contributed by atoms with E-state index in [0.717, 1.165) is 0 Å². The number of likely N-dealkylation sites (tertiary alicyclic amines) is 1. The van der Waals surface area contributed by atoms with Crippen LogP contribution < -0.4 is 4.57 Å². The van der Waals surface area contributed by atoms with E-state index in [9.17, 15) is 0 Å². The Morgan fingerprint density at radius 2 is 2.29 bits per heavy atom. The first-order valence-corrected chi connectivity index (χ1v) is 5.43. The molecule has 1 saturated heterocycles. The largest absolute Gasteiger partial charge is 0.299 e. The molecule has 1 aromatic heterocycles. The van der Waals surface area contributed by atoms with Gasteiger partial charge in [-0.15, -0.1) is 0 Å². The molecule has 0 radical (unpaired) electrons. The van der Waals surface area contributed by atoms with Crippen LogP contribution in [0.3, 0.4) is 0 Å². The Balaban J connectivity index is 2.20. The summed E-state index contributed by atoms with van der Waals surface area (Å²) in [7, 11) is 4.32. The quantitative estimate of drug-likeness (QED) is 0.612. The third-order valence-corrected chi connectivity index (χ3v) is 3.12. The fourth-order valence-corrected chi connectivity index (χ4v) is 2.30. The van der Waals surface area contributed by atoms with Crippen molar-refractivity contribution in [3.63, 3.8) is 0 Å². The summed E-state index contributed by atoms with van der Waals surface area (Å²) in [6.45, 7) is 1.24. The van der Waals surface area contributed by atoms with Gasteiger partial charge in [-0.1, -0.05) is 6.42 Å². The second kappa shape index (κ2) is 4.09. The first kappa shape index (κ1) is 9.66. The van der Waals surface area contributed by atoms with E-state index < -0.39 is 0 Å². The molecule has 1 unspecified atom stereocenters. The minimum absolute atomic E-state index is 0.635. The van der Waals surface area contributed by atoms with Gasteiger partial charge in [0.15, 0.2) is 12.4 Å². The molecule has 0 amide bonds. The van der Waals surface area contributed by atoms with Crippen LogP contribution in [0.25, 0.3) is 0 Å². The molecule has 1 aliphatic heterocycles. The number of hydrogen-bond donors (Lipinski definition) is 0. The molecule has 0 spiro atoms. The summed E-state index contributed by atoms with van der Waals surface area (Å²) < 4.78 is 2.14. The zero-order valence-corrected chi connectivity index (χ0v) is 9.11. The van der Waals surface area contributed by atoms with Gasteiger partial charge in [0.1, 0.15) is 7.05 Å². The number of pyridine rings is 1. The van der Waals surface area contributed by atoms with E-state index in [0.29, 0.717) is 6.04 Å². The average molecular weight is 191 g/mol. The van der Waals surface area contributed by atoms with Gasteiger partial charge in [-0.2, -0.15) is 0 Å². The first-order chi connectivity index (χ1) is 6.77. The molecule has 0 aliphatic carbocycles. The highest BCUT2D eigenvalue weighted by atomic mass is 15.1. The number of rotatable bonds is 1. The molecule has 76 valence electrons. The topological polar surface area (TPSA) is 7.12 Å². The summed E-state index contributed by atoms with van der Waals surface area (Å²) in [5.41, 5.74) is 1.46. The molecule has 1 aromatic rings. The Morgan fingerprint density at radius 3 is 3.00 bits per heavy atom. The summed E-state index contributed by atoms with van der Waals surface area (Å²) >= 11 is 0. The van der Waals surface area contributed by atoms with E-state index in [1.165, 1.54) is 31.4 Å². The Bertz CT molecular complexity index is 309. The highest BCUT2D eigenvalue weighted by Crippen LogP contribution is 2.28. The Labute approximate surface area is 86.2 Å². The van der Waals surface area contributed by atoms with Crippen molar-refractivity contribution in [2.24, 2.45) is 7.05 Å². The predicted molar refractivity (Wildman–Crippen MR) is 56.8 cm³/mol. The molecule has 1 atom stereocenters. The van der Waals surface area contributed by atoms with Crippen LogP contribution in [0.5, 0.6) is 0 Å². The van der Waals surface area contributed by atoms with Crippen molar-refractivity contribution in [2.75, 3.05) is 13.6 Å². The lowest BCUT2D eigenvalue weighted by Crippen LogP contribution is -2.33. The van der Waals surface area contributed by atoms with Crippen molar-refractivity contribution < 1.29 is 4.57 Å². The molecule has 2 heteroatoms. The van der Waals surface area contributed by atoms with Crippen LogP contribution in [0, 0.1) is 0 Å². The van der Waals surface area contributed by atoms with E-state index in [-0.39, 0.29) is 0 Å². The number of aryl methyl sites for hydroxylation is 1. The van der Waals surface area contributed by atoms with Crippen molar-refractivity contribution in [2.45, 2.75) is 25.3 Å². The van der Waals surface area contributed by atoms with Crippen molar-refractivity contribution in [1.82, 2.24) is 4.90 Å². The highest BCUT2D eigenvalue weighted by molar-refractivity contribution is 5.12. The van der Waals surface area contributed by atoms with Gasteiger partial charge in [0, 0.05) is 17.7 Å². The van der Waals surface area contributed by atoms with E-state index in [2.05, 4.69) is 48.1 Å². The summed E-state index contributed by atoms with van der Waals surface area (Å²) in [5, 5.41) is 0. The second-order valence-electron chi connectivity index (χ2n) is 4.29. The summed E-state index contributed by atoms with van der Waals surface area (Å²) in [4.78, 5) is 2.47. The van der Waals surface area contributed by atoms with Crippen LogP contribution in [-0.4, -0.2) is 18.5 Å². The van der Waals surface area contributed by atoms with Gasteiger partial charge in [-0.05, 0) is 32.5 Å². The first-order valence-electron chi connectivity index (χ1n) is 5.43. The van der Waals surface area contributed by atoms with Gasteiger partial charge in [-0.3, -0.25) is 4.90 Å². The summed E-state index contributed by atoms with van der Waals surface area (Å²) in [6, 6.07) is 5.01. The van der Waals surface area contributed by atoms with Crippen molar-refractivity contribution in [3.05, 3.63) is 30.1 Å². The average Bonchev–Trinajstić information content (AvgIpc) is 2.18. The lowest BCUT2D eigenvalue weighted by molar-refractivity contribution is -0.672. The molecular formula is C12H19N2+. The minimum atomic E-state index is 0.635. The van der Waals surface area contributed by atoms with Gasteiger partial charge in [0.25, 0.3) is 0 Å². The maximum absolute atomic E-state index is 2.47. The SMILES string of the molecule is CN1CCCCC1c1ccc[n+](C)c1. The van der Waals surface area contributed by atoms with Crippen molar-refractivity contribution in [1.29, 1.82) is 0 Å². The van der Waals surface area contributed by atoms with Crippen LogP contribution in [0.4, 0.5) is 0 Å². The molecule has 14 heavy (non-hydrogen) atoms. The van der Waals surface area contributed by atoms with Crippen LogP contribution >= 0.6 is 0 Å². The molecule has 0 aromatic carbocycles. The second-order valence-corrected chi connectivity index (χ2v) is 4.29. The third-order valence-electron chi connectivity index (χ3n) is 3.12. The van der Waals surface area contributed by atoms with Crippen molar-refractivity contribution in [3.8, 4) is 0 Å². The van der Waals surface area contributed by atoms with E-state index >= 15 is 0 Å². The third kappa shape index (κ3) is 1.95. The zero-order chi connectivity index (χ0) is 9.97. The Hall–Kier alpha value is -0.890. The Morgan fingerprint density at radius 1 is 1.43 bits per heavy atom. The van der Waals surface area contributed by atoms with Crippen LogP contribution in [0.1, 0.15) is 30.9 Å². The van der Waals surface area contributed by atoms with Gasteiger partial charge in [0.05, 0.1) is 0 Å². The molecule has 1 fully saturated rings. The van der Waals surface area contributed by atoms with Crippen LogP contribution in [0.2, 0.25) is 0 Å². The number of piperidine rings is 1. The van der Waals surface area contributed by atoms with Gasteiger partial charge >= 0.3 is 0 Å². The lowest BCUT2D eigenvalue weighted by Gasteiger charge is -2.31. The van der Waals surface area contributed by atoms with E-state index in [1.807, 2.05) is 0 Å². The molecule has 2 nitrogen and oxygen atoms in total. The number of nitrogens with zero attached hydrogens (tertiary/aromatic N) is 2. The number of aromatic nitrogens is 1. The molecule has 2 rings (SSSR count). The van der Waals surface area contributed by atoms with E-state index in [1.54, 1.807) is 0 Å².